The predicted octanol–water partition coefficient (Wildman–Crippen LogP) is 0.260. The summed E-state index contributed by atoms with van der Waals surface area (Å²) in [7, 11) is 0. The zero-order chi connectivity index (χ0) is 15.9. The van der Waals surface area contributed by atoms with Gasteiger partial charge >= 0.3 is 5.69 Å². The van der Waals surface area contributed by atoms with Crippen molar-refractivity contribution in [3.63, 3.8) is 0 Å². The van der Waals surface area contributed by atoms with Crippen LogP contribution in [0.5, 0.6) is 0 Å². The molecule has 2 aromatic heterocycles. The molecule has 0 bridgehead atoms. The van der Waals surface area contributed by atoms with Crippen LogP contribution in [0.2, 0.25) is 0 Å². The topological polar surface area (TPSA) is 111 Å². The van der Waals surface area contributed by atoms with Gasteiger partial charge in [0.25, 0.3) is 0 Å². The van der Waals surface area contributed by atoms with Gasteiger partial charge in [-0.15, -0.1) is 0 Å². The van der Waals surface area contributed by atoms with E-state index in [1.807, 2.05) is 11.1 Å². The molecule has 1 saturated heterocycles. The molecule has 1 fully saturated rings. The van der Waals surface area contributed by atoms with Crippen molar-refractivity contribution in [2.24, 2.45) is 0 Å². The van der Waals surface area contributed by atoms with Gasteiger partial charge in [-0.2, -0.15) is 10.2 Å². The second-order valence-electron chi connectivity index (χ2n) is 6.59. The van der Waals surface area contributed by atoms with Gasteiger partial charge in [-0.25, -0.2) is 9.89 Å². The van der Waals surface area contributed by atoms with E-state index in [1.165, 1.54) is 11.3 Å². The summed E-state index contributed by atoms with van der Waals surface area (Å²) in [4.78, 5) is 28.1. The largest absolute Gasteiger partial charge is 0.342 e. The van der Waals surface area contributed by atoms with Crippen molar-refractivity contribution >= 4 is 5.91 Å². The van der Waals surface area contributed by atoms with E-state index in [0.717, 1.165) is 38.8 Å². The van der Waals surface area contributed by atoms with E-state index in [0.29, 0.717) is 18.7 Å². The number of hydrogen-bond donors (Lipinski definition) is 3. The third kappa shape index (κ3) is 2.47. The highest BCUT2D eigenvalue weighted by molar-refractivity contribution is 5.76. The highest BCUT2D eigenvalue weighted by atomic mass is 16.2. The summed E-state index contributed by atoms with van der Waals surface area (Å²) in [5.74, 6) is 0.660. The maximum atomic E-state index is 12.5. The molecule has 3 heterocycles. The number of carbonyl (C=O) groups is 1. The molecular weight excluding hydrogens is 296 g/mol. The SMILES string of the molecule is O=C(CCc1n[nH]c(=O)[nH]1)N1CCCC2(CCc3cn[nH]c32)C1. The molecule has 4 rings (SSSR count). The first kappa shape index (κ1) is 14.2. The molecule has 1 aliphatic carbocycles. The third-order valence-electron chi connectivity index (χ3n) is 5.18. The number of amides is 1. The number of aromatic amines is 3. The van der Waals surface area contributed by atoms with E-state index in [1.54, 1.807) is 0 Å². The molecule has 2 aromatic rings. The highest BCUT2D eigenvalue weighted by Crippen LogP contribution is 2.43. The molecule has 122 valence electrons. The fourth-order valence-electron chi connectivity index (χ4n) is 4.02. The van der Waals surface area contributed by atoms with Crippen LogP contribution < -0.4 is 5.69 Å². The van der Waals surface area contributed by atoms with Crippen LogP contribution in [0.1, 0.15) is 42.8 Å². The van der Waals surface area contributed by atoms with Crippen molar-refractivity contribution in [3.8, 4) is 0 Å². The molecule has 8 nitrogen and oxygen atoms in total. The Labute approximate surface area is 132 Å². The Morgan fingerprint density at radius 3 is 3.09 bits per heavy atom. The summed E-state index contributed by atoms with van der Waals surface area (Å²) in [6.07, 6.45) is 7.00. The van der Waals surface area contributed by atoms with Gasteiger partial charge in [0, 0.05) is 37.0 Å². The maximum absolute atomic E-state index is 12.5. The molecule has 1 aliphatic heterocycles. The molecule has 1 atom stereocenters. The van der Waals surface area contributed by atoms with Crippen molar-refractivity contribution in [2.75, 3.05) is 13.1 Å². The molecule has 0 aromatic carbocycles. The minimum absolute atomic E-state index is 0.0559. The maximum Gasteiger partial charge on any atom is 0.340 e. The van der Waals surface area contributed by atoms with Crippen LogP contribution in [0.3, 0.4) is 0 Å². The number of piperidine rings is 1. The van der Waals surface area contributed by atoms with Gasteiger partial charge < -0.3 is 4.90 Å². The van der Waals surface area contributed by atoms with Gasteiger partial charge in [-0.3, -0.25) is 14.9 Å². The summed E-state index contributed by atoms with van der Waals surface area (Å²) in [6, 6.07) is 0. The zero-order valence-corrected chi connectivity index (χ0v) is 12.9. The van der Waals surface area contributed by atoms with Crippen LogP contribution in [0, 0.1) is 0 Å². The monoisotopic (exact) mass is 316 g/mol. The fraction of sp³-hybridized carbons (Fsp3) is 0.600. The number of H-pyrrole nitrogens is 3. The Hall–Kier alpha value is -2.38. The van der Waals surface area contributed by atoms with Gasteiger partial charge in [0.05, 0.1) is 6.20 Å². The van der Waals surface area contributed by atoms with Crippen LogP contribution in [-0.4, -0.2) is 49.3 Å². The summed E-state index contributed by atoms with van der Waals surface area (Å²) in [6.45, 7) is 1.57. The van der Waals surface area contributed by atoms with E-state index >= 15 is 0 Å². The Bertz CT molecular complexity index is 775. The van der Waals surface area contributed by atoms with E-state index in [4.69, 9.17) is 0 Å². The van der Waals surface area contributed by atoms with Gasteiger partial charge in [0.2, 0.25) is 5.91 Å². The van der Waals surface area contributed by atoms with Crippen molar-refractivity contribution in [2.45, 2.75) is 43.9 Å². The highest BCUT2D eigenvalue weighted by Gasteiger charge is 2.44. The van der Waals surface area contributed by atoms with Gasteiger partial charge in [0.15, 0.2) is 0 Å². The lowest BCUT2D eigenvalue weighted by Crippen LogP contribution is -2.47. The van der Waals surface area contributed by atoms with E-state index in [2.05, 4.69) is 25.4 Å². The molecule has 23 heavy (non-hydrogen) atoms. The number of rotatable bonds is 3. The molecule has 0 saturated carbocycles. The van der Waals surface area contributed by atoms with Crippen LogP contribution >= 0.6 is 0 Å². The lowest BCUT2D eigenvalue weighted by Gasteiger charge is -2.40. The minimum Gasteiger partial charge on any atom is -0.342 e. The second-order valence-corrected chi connectivity index (χ2v) is 6.59. The van der Waals surface area contributed by atoms with Crippen LogP contribution in [-0.2, 0) is 23.1 Å². The number of likely N-dealkylation sites (tertiary alicyclic amines) is 1. The van der Waals surface area contributed by atoms with E-state index in [9.17, 15) is 9.59 Å². The first-order valence-corrected chi connectivity index (χ1v) is 8.10. The van der Waals surface area contributed by atoms with E-state index < -0.39 is 0 Å². The van der Waals surface area contributed by atoms with Gasteiger partial charge in [-0.05, 0) is 31.2 Å². The number of nitrogens with one attached hydrogen (secondary N) is 3. The van der Waals surface area contributed by atoms with Crippen LogP contribution in [0.25, 0.3) is 0 Å². The molecule has 8 heteroatoms. The molecule has 1 spiro atoms. The summed E-state index contributed by atoms with van der Waals surface area (Å²) in [5.41, 5.74) is 2.25. The second kappa shape index (κ2) is 5.36. The number of aromatic nitrogens is 5. The lowest BCUT2D eigenvalue weighted by molar-refractivity contribution is -0.133. The summed E-state index contributed by atoms with van der Waals surface area (Å²) < 4.78 is 0. The molecule has 0 radical (unpaired) electrons. The summed E-state index contributed by atoms with van der Waals surface area (Å²) in [5, 5.41) is 13.5. The number of aryl methyl sites for hydroxylation is 2. The normalized spacial score (nSPS) is 23.4. The number of nitrogens with zero attached hydrogens (tertiary/aromatic N) is 3. The molecule has 3 N–H and O–H groups in total. The Morgan fingerprint density at radius 1 is 1.35 bits per heavy atom. The smallest absolute Gasteiger partial charge is 0.340 e. The molecule has 1 unspecified atom stereocenters. The van der Waals surface area contributed by atoms with Gasteiger partial charge in [-0.1, -0.05) is 0 Å². The first-order valence-electron chi connectivity index (χ1n) is 8.10. The standard InChI is InChI=1S/C15H20N6O2/c22-12(3-2-11-17-14(23)20-18-11)21-7-1-5-15(9-21)6-4-10-8-16-19-13(10)15/h8H,1-7,9H2,(H,16,19)(H2,17,18,20,23). The molecule has 1 amide bonds. The van der Waals surface area contributed by atoms with Crippen LogP contribution in [0.15, 0.2) is 11.0 Å². The van der Waals surface area contributed by atoms with Gasteiger partial charge in [0.1, 0.15) is 5.82 Å². The average Bonchev–Trinajstić information content (AvgIpc) is 3.25. The Morgan fingerprint density at radius 2 is 2.26 bits per heavy atom. The van der Waals surface area contributed by atoms with Crippen molar-refractivity contribution in [3.05, 3.63) is 33.8 Å². The number of fused-ring (bicyclic) bond motifs is 2. The Balaban J connectivity index is 1.43. The average molecular weight is 316 g/mol. The predicted molar refractivity (Wildman–Crippen MR) is 81.9 cm³/mol. The quantitative estimate of drug-likeness (QED) is 0.754. The molecular formula is C15H20N6O2. The fourth-order valence-corrected chi connectivity index (χ4v) is 4.02. The van der Waals surface area contributed by atoms with Crippen molar-refractivity contribution < 1.29 is 4.79 Å². The summed E-state index contributed by atoms with van der Waals surface area (Å²) >= 11 is 0. The van der Waals surface area contributed by atoms with E-state index in [-0.39, 0.29) is 17.0 Å². The number of hydrogen-bond acceptors (Lipinski definition) is 4. The third-order valence-corrected chi connectivity index (χ3v) is 5.18. The lowest BCUT2D eigenvalue weighted by atomic mass is 9.77. The number of carbonyl (C=O) groups excluding carboxylic acids is 1. The van der Waals surface area contributed by atoms with Crippen molar-refractivity contribution in [1.82, 2.24) is 30.3 Å². The zero-order valence-electron chi connectivity index (χ0n) is 12.9. The van der Waals surface area contributed by atoms with Crippen molar-refractivity contribution in [1.29, 1.82) is 0 Å². The Kier molecular flexibility index (Phi) is 3.32. The first-order chi connectivity index (χ1) is 11.2. The van der Waals surface area contributed by atoms with Crippen LogP contribution in [0.4, 0.5) is 0 Å². The molecule has 2 aliphatic rings. The minimum atomic E-state index is -0.331.